The van der Waals surface area contributed by atoms with Crippen LogP contribution >= 0.6 is 11.6 Å². The number of nitrogens with zero attached hydrogens (tertiary/aromatic N) is 1. The Kier molecular flexibility index (Phi) is 7.03. The number of benzene rings is 3. The number of anilines is 1. The van der Waals surface area contributed by atoms with Gasteiger partial charge in [0.1, 0.15) is 17.3 Å². The van der Waals surface area contributed by atoms with Gasteiger partial charge in [0.25, 0.3) is 11.8 Å². The molecule has 1 atom stereocenters. The van der Waals surface area contributed by atoms with Gasteiger partial charge >= 0.3 is 0 Å². The molecule has 0 bridgehead atoms. The zero-order valence-electron chi connectivity index (χ0n) is 18.8. The summed E-state index contributed by atoms with van der Waals surface area (Å²) in [6.45, 7) is 2.33. The summed E-state index contributed by atoms with van der Waals surface area (Å²) in [6.07, 6.45) is -0.169. The number of hydrogen-bond donors (Lipinski definition) is 1. The quantitative estimate of drug-likeness (QED) is 0.508. The van der Waals surface area contributed by atoms with Gasteiger partial charge in [-0.05, 0) is 60.5 Å². The van der Waals surface area contributed by atoms with E-state index in [0.29, 0.717) is 34.7 Å². The van der Waals surface area contributed by atoms with Gasteiger partial charge in [0, 0.05) is 34.9 Å². The Morgan fingerprint density at radius 2 is 2.03 bits per heavy atom. The fraction of sp³-hybridized carbons (Fsp3) is 0.231. The van der Waals surface area contributed by atoms with Gasteiger partial charge in [0.15, 0.2) is 6.10 Å². The molecule has 3 aromatic rings. The fourth-order valence-corrected chi connectivity index (χ4v) is 4.03. The van der Waals surface area contributed by atoms with E-state index in [-0.39, 0.29) is 29.9 Å². The normalized spacial score (nSPS) is 15.2. The van der Waals surface area contributed by atoms with Crippen molar-refractivity contribution in [2.45, 2.75) is 32.5 Å². The monoisotopic (exact) mass is 482 g/mol. The predicted octanol–water partition coefficient (Wildman–Crippen LogP) is 5.44. The van der Waals surface area contributed by atoms with E-state index in [0.717, 1.165) is 5.56 Å². The van der Waals surface area contributed by atoms with Gasteiger partial charge in [0.05, 0.1) is 7.11 Å². The highest BCUT2D eigenvalue weighted by atomic mass is 35.5. The Balaban J connectivity index is 1.59. The lowest BCUT2D eigenvalue weighted by molar-refractivity contribution is -0.139. The van der Waals surface area contributed by atoms with Crippen LogP contribution in [0.2, 0.25) is 5.02 Å². The third-order valence-corrected chi connectivity index (χ3v) is 5.97. The predicted molar refractivity (Wildman–Crippen MR) is 128 cm³/mol. The minimum absolute atomic E-state index is 0.180. The maximum atomic E-state index is 13.5. The zero-order chi connectivity index (χ0) is 24.2. The van der Waals surface area contributed by atoms with Crippen molar-refractivity contribution in [2.75, 3.05) is 12.4 Å². The van der Waals surface area contributed by atoms with Crippen LogP contribution in [-0.2, 0) is 17.9 Å². The van der Waals surface area contributed by atoms with Gasteiger partial charge in [-0.2, -0.15) is 0 Å². The van der Waals surface area contributed by atoms with Crippen LogP contribution in [0.3, 0.4) is 0 Å². The van der Waals surface area contributed by atoms with Gasteiger partial charge in [-0.15, -0.1) is 0 Å². The highest BCUT2D eigenvalue weighted by Crippen LogP contribution is 2.31. The first kappa shape index (κ1) is 23.6. The van der Waals surface area contributed by atoms with Crippen molar-refractivity contribution in [3.63, 3.8) is 0 Å². The van der Waals surface area contributed by atoms with Crippen molar-refractivity contribution in [1.29, 1.82) is 0 Å². The SMILES string of the molecule is CC[C@H]1Oc2ccc(NC(=O)c3cccc(OC)c3)cc2CN(Cc2ccc(F)cc2Cl)C1=O. The first-order valence-electron chi connectivity index (χ1n) is 10.9. The van der Waals surface area contributed by atoms with Gasteiger partial charge in [0.2, 0.25) is 0 Å². The van der Waals surface area contributed by atoms with E-state index < -0.39 is 11.9 Å². The molecule has 1 aliphatic heterocycles. The second kappa shape index (κ2) is 10.1. The minimum atomic E-state index is -0.655. The molecule has 2 amide bonds. The molecule has 1 N–H and O–H groups in total. The standard InChI is InChI=1S/C26H24ClFN2O4/c1-3-23-26(32)30(14-17-7-8-19(28)13-22(17)27)15-18-11-20(9-10-24(18)34-23)29-25(31)16-5-4-6-21(12-16)33-2/h4-13,23H,3,14-15H2,1-2H3,(H,29,31)/t23-/m1/s1. The van der Waals surface area contributed by atoms with Crippen LogP contribution in [0.15, 0.2) is 60.7 Å². The van der Waals surface area contributed by atoms with Gasteiger partial charge < -0.3 is 19.7 Å². The number of nitrogens with one attached hydrogen (secondary N) is 1. The van der Waals surface area contributed by atoms with Crippen LogP contribution in [0, 0.1) is 5.82 Å². The maximum absolute atomic E-state index is 13.5. The van der Waals surface area contributed by atoms with E-state index in [1.165, 1.54) is 12.1 Å². The van der Waals surface area contributed by atoms with Crippen LogP contribution in [0.4, 0.5) is 10.1 Å². The van der Waals surface area contributed by atoms with Crippen molar-refractivity contribution in [2.24, 2.45) is 0 Å². The number of ether oxygens (including phenoxy) is 2. The lowest BCUT2D eigenvalue weighted by atomic mass is 10.1. The third kappa shape index (κ3) is 5.15. The second-order valence-corrected chi connectivity index (χ2v) is 8.36. The smallest absolute Gasteiger partial charge is 0.264 e. The number of hydrogen-bond acceptors (Lipinski definition) is 4. The first-order chi connectivity index (χ1) is 16.4. The summed E-state index contributed by atoms with van der Waals surface area (Å²) in [7, 11) is 1.54. The van der Waals surface area contributed by atoms with Crippen LogP contribution in [-0.4, -0.2) is 29.9 Å². The van der Waals surface area contributed by atoms with E-state index in [4.69, 9.17) is 21.1 Å². The molecule has 4 rings (SSSR count). The molecule has 176 valence electrons. The molecule has 8 heteroatoms. The molecule has 0 saturated carbocycles. The lowest BCUT2D eigenvalue weighted by Crippen LogP contribution is -2.38. The molecule has 0 aromatic heterocycles. The highest BCUT2D eigenvalue weighted by molar-refractivity contribution is 6.31. The molecule has 1 aliphatic rings. The topological polar surface area (TPSA) is 67.9 Å². The average Bonchev–Trinajstić information content (AvgIpc) is 2.96. The summed E-state index contributed by atoms with van der Waals surface area (Å²) in [5.74, 6) is 0.258. The van der Waals surface area contributed by atoms with Crippen molar-refractivity contribution in [3.05, 3.63) is 88.2 Å². The number of rotatable bonds is 6. The Hall–Kier alpha value is -3.58. The maximum Gasteiger partial charge on any atom is 0.264 e. The van der Waals surface area contributed by atoms with Gasteiger partial charge in [-0.1, -0.05) is 30.7 Å². The molecular weight excluding hydrogens is 459 g/mol. The Morgan fingerprint density at radius 3 is 2.76 bits per heavy atom. The molecule has 6 nitrogen and oxygen atoms in total. The number of amides is 2. The number of fused-ring (bicyclic) bond motifs is 1. The molecule has 0 aliphatic carbocycles. The fourth-order valence-electron chi connectivity index (χ4n) is 3.80. The summed E-state index contributed by atoms with van der Waals surface area (Å²) in [5, 5.41) is 3.14. The van der Waals surface area contributed by atoms with Crippen LogP contribution < -0.4 is 14.8 Å². The average molecular weight is 483 g/mol. The number of carbonyl (C=O) groups is 2. The summed E-state index contributed by atoms with van der Waals surface area (Å²) in [4.78, 5) is 27.5. The molecule has 0 saturated heterocycles. The van der Waals surface area contributed by atoms with E-state index in [2.05, 4.69) is 5.32 Å². The molecule has 1 heterocycles. The molecule has 3 aromatic carbocycles. The van der Waals surface area contributed by atoms with Crippen molar-refractivity contribution < 1.29 is 23.5 Å². The van der Waals surface area contributed by atoms with Crippen LogP contribution in [0.5, 0.6) is 11.5 Å². The largest absolute Gasteiger partial charge is 0.497 e. The Labute approximate surface area is 202 Å². The van der Waals surface area contributed by atoms with E-state index in [1.54, 1.807) is 60.5 Å². The molecule has 0 fully saturated rings. The Bertz CT molecular complexity index is 1230. The molecule has 0 radical (unpaired) electrons. The number of methoxy groups -OCH3 is 1. The number of carbonyl (C=O) groups excluding carboxylic acids is 2. The van der Waals surface area contributed by atoms with Gasteiger partial charge in [-0.25, -0.2) is 4.39 Å². The molecule has 34 heavy (non-hydrogen) atoms. The van der Waals surface area contributed by atoms with Crippen molar-refractivity contribution in [1.82, 2.24) is 4.90 Å². The van der Waals surface area contributed by atoms with E-state index in [9.17, 15) is 14.0 Å². The lowest BCUT2D eigenvalue weighted by Gasteiger charge is -2.23. The van der Waals surface area contributed by atoms with Crippen molar-refractivity contribution >= 4 is 29.1 Å². The summed E-state index contributed by atoms with van der Waals surface area (Å²) < 4.78 is 24.7. The Morgan fingerprint density at radius 1 is 1.21 bits per heavy atom. The summed E-state index contributed by atoms with van der Waals surface area (Å²) in [5.41, 5.74) is 2.40. The van der Waals surface area contributed by atoms with Crippen molar-refractivity contribution in [3.8, 4) is 11.5 Å². The zero-order valence-corrected chi connectivity index (χ0v) is 19.6. The third-order valence-electron chi connectivity index (χ3n) is 5.61. The second-order valence-electron chi connectivity index (χ2n) is 7.95. The minimum Gasteiger partial charge on any atom is -0.497 e. The molecule has 0 spiro atoms. The summed E-state index contributed by atoms with van der Waals surface area (Å²) in [6, 6.07) is 16.3. The molecular formula is C26H24ClFN2O4. The summed E-state index contributed by atoms with van der Waals surface area (Å²) >= 11 is 6.20. The number of halogens is 2. The van der Waals surface area contributed by atoms with Gasteiger partial charge in [-0.3, -0.25) is 9.59 Å². The van der Waals surface area contributed by atoms with E-state index >= 15 is 0 Å². The first-order valence-corrected chi connectivity index (χ1v) is 11.2. The molecule has 0 unspecified atom stereocenters. The van der Waals surface area contributed by atoms with Crippen LogP contribution in [0.1, 0.15) is 34.8 Å². The van der Waals surface area contributed by atoms with E-state index in [1.807, 2.05) is 6.92 Å². The highest BCUT2D eigenvalue weighted by Gasteiger charge is 2.30. The van der Waals surface area contributed by atoms with Crippen LogP contribution in [0.25, 0.3) is 0 Å².